The molecule has 9 nitrogen and oxygen atoms in total. The van der Waals surface area contributed by atoms with Crippen molar-refractivity contribution in [2.45, 2.75) is 19.4 Å². The number of fused-ring (bicyclic) bond motifs is 1. The number of rotatable bonds is 6. The maximum atomic E-state index is 12.7. The highest BCUT2D eigenvalue weighted by atomic mass is 19.4. The highest BCUT2D eigenvalue weighted by molar-refractivity contribution is 6.04. The molecular weight excluding hydrogens is 465 g/mol. The lowest BCUT2D eigenvalue weighted by Crippen LogP contribution is -2.54. The molecule has 0 bridgehead atoms. The van der Waals surface area contributed by atoms with Crippen LogP contribution in [0.15, 0.2) is 61.4 Å². The molecule has 1 amide bonds. The summed E-state index contributed by atoms with van der Waals surface area (Å²) >= 11 is 0. The summed E-state index contributed by atoms with van der Waals surface area (Å²) in [5.41, 5.74) is 3.07. The minimum atomic E-state index is -4.85. The Labute approximate surface area is 197 Å². The van der Waals surface area contributed by atoms with Gasteiger partial charge in [-0.15, -0.1) is 13.2 Å². The summed E-state index contributed by atoms with van der Waals surface area (Å²) in [5, 5.41) is 6.84. The molecule has 0 radical (unpaired) electrons. The molecule has 1 aliphatic heterocycles. The molecule has 0 atom stereocenters. The molecule has 180 valence electrons. The first-order valence-electron chi connectivity index (χ1n) is 10.6. The number of nitrogens with one attached hydrogen (secondary N) is 1. The number of ether oxygens (including phenoxy) is 2. The second-order valence-electron chi connectivity index (χ2n) is 7.97. The number of alkyl halides is 3. The Kier molecular flexibility index (Phi) is 5.63. The van der Waals surface area contributed by atoms with E-state index in [-0.39, 0.29) is 17.4 Å². The van der Waals surface area contributed by atoms with Gasteiger partial charge in [0.2, 0.25) is 0 Å². The minimum Gasteiger partial charge on any atom is -0.486 e. The maximum Gasteiger partial charge on any atom is 0.573 e. The van der Waals surface area contributed by atoms with Gasteiger partial charge in [0.15, 0.2) is 0 Å². The summed E-state index contributed by atoms with van der Waals surface area (Å²) < 4.78 is 49.0. The van der Waals surface area contributed by atoms with Crippen LogP contribution in [0, 0.1) is 6.92 Å². The molecule has 4 aromatic rings. The van der Waals surface area contributed by atoms with E-state index in [4.69, 9.17) is 4.74 Å². The molecule has 1 N–H and O–H groups in total. The van der Waals surface area contributed by atoms with Gasteiger partial charge in [0.25, 0.3) is 5.91 Å². The number of anilines is 2. The highest BCUT2D eigenvalue weighted by Crippen LogP contribution is 2.30. The van der Waals surface area contributed by atoms with Gasteiger partial charge < -0.3 is 19.7 Å². The fourth-order valence-corrected chi connectivity index (χ4v) is 3.70. The fourth-order valence-electron chi connectivity index (χ4n) is 3.70. The molecule has 35 heavy (non-hydrogen) atoms. The van der Waals surface area contributed by atoms with Crippen LogP contribution in [0.5, 0.6) is 11.5 Å². The molecule has 0 unspecified atom stereocenters. The van der Waals surface area contributed by atoms with Crippen LogP contribution >= 0.6 is 0 Å². The van der Waals surface area contributed by atoms with Crippen LogP contribution in [0.3, 0.4) is 0 Å². The number of aromatic nitrogens is 4. The van der Waals surface area contributed by atoms with Crippen LogP contribution in [-0.2, 0) is 0 Å². The van der Waals surface area contributed by atoms with Crippen LogP contribution in [0.1, 0.15) is 15.9 Å². The third kappa shape index (κ3) is 4.95. The average molecular weight is 484 g/mol. The van der Waals surface area contributed by atoms with Gasteiger partial charge >= 0.3 is 6.36 Å². The summed E-state index contributed by atoms with van der Waals surface area (Å²) in [7, 11) is 0. The van der Waals surface area contributed by atoms with E-state index in [2.05, 4.69) is 30.0 Å². The number of aryl methyl sites for hydroxylation is 1. The van der Waals surface area contributed by atoms with Crippen molar-refractivity contribution in [3.8, 4) is 11.5 Å². The van der Waals surface area contributed by atoms with E-state index in [0.29, 0.717) is 18.8 Å². The molecule has 0 saturated carbocycles. The second kappa shape index (κ2) is 8.78. The number of halogens is 3. The molecule has 12 heteroatoms. The van der Waals surface area contributed by atoms with Gasteiger partial charge in [-0.25, -0.2) is 4.52 Å². The van der Waals surface area contributed by atoms with E-state index in [9.17, 15) is 18.0 Å². The molecule has 0 spiro atoms. The Bertz CT molecular complexity index is 1380. The van der Waals surface area contributed by atoms with E-state index < -0.39 is 18.0 Å². The molecule has 1 aliphatic rings. The van der Waals surface area contributed by atoms with Gasteiger partial charge in [-0.05, 0) is 24.6 Å². The van der Waals surface area contributed by atoms with Crippen LogP contribution in [0.4, 0.5) is 24.5 Å². The lowest BCUT2D eigenvalue weighted by molar-refractivity contribution is -0.274. The number of amides is 1. The fraction of sp³-hybridized carbons (Fsp3) is 0.217. The van der Waals surface area contributed by atoms with E-state index in [1.807, 2.05) is 6.92 Å². The molecule has 3 aromatic heterocycles. The third-order valence-corrected chi connectivity index (χ3v) is 5.44. The molecular formula is C23H19F3N6O3. The van der Waals surface area contributed by atoms with Gasteiger partial charge in [-0.1, -0.05) is 6.07 Å². The largest absolute Gasteiger partial charge is 0.573 e. The first kappa shape index (κ1) is 22.4. The topological polar surface area (TPSA) is 93.9 Å². The molecule has 1 fully saturated rings. The molecule has 1 aromatic carbocycles. The third-order valence-electron chi connectivity index (χ3n) is 5.44. The van der Waals surface area contributed by atoms with Crippen LogP contribution in [0.25, 0.3) is 5.52 Å². The number of carbonyl (C=O) groups excluding carboxylic acids is 1. The lowest BCUT2D eigenvalue weighted by Gasteiger charge is -2.40. The number of hydrogen-bond donors (Lipinski definition) is 1. The van der Waals surface area contributed by atoms with E-state index in [0.717, 1.165) is 29.0 Å². The van der Waals surface area contributed by atoms with Gasteiger partial charge in [-0.2, -0.15) is 5.10 Å². The Balaban J connectivity index is 1.23. The zero-order valence-corrected chi connectivity index (χ0v) is 18.4. The molecule has 1 saturated heterocycles. The van der Waals surface area contributed by atoms with Crippen molar-refractivity contribution in [3.63, 3.8) is 0 Å². The van der Waals surface area contributed by atoms with E-state index in [1.54, 1.807) is 47.5 Å². The van der Waals surface area contributed by atoms with Crippen molar-refractivity contribution in [3.05, 3.63) is 72.6 Å². The maximum absolute atomic E-state index is 12.7. The van der Waals surface area contributed by atoms with Crippen LogP contribution in [0.2, 0.25) is 0 Å². The Morgan fingerprint density at radius 1 is 1.11 bits per heavy atom. The van der Waals surface area contributed by atoms with Gasteiger partial charge in [0, 0.05) is 24.0 Å². The quantitative estimate of drug-likeness (QED) is 0.444. The number of carbonyl (C=O) groups is 1. The zero-order valence-electron chi connectivity index (χ0n) is 18.4. The van der Waals surface area contributed by atoms with Crippen molar-refractivity contribution in [1.29, 1.82) is 0 Å². The first-order valence-corrected chi connectivity index (χ1v) is 10.6. The number of nitrogens with zero attached hydrogens (tertiary/aromatic N) is 5. The second-order valence-corrected chi connectivity index (χ2v) is 7.97. The zero-order chi connectivity index (χ0) is 24.6. The Hall–Kier alpha value is -4.35. The smallest absolute Gasteiger partial charge is 0.486 e. The van der Waals surface area contributed by atoms with Crippen molar-refractivity contribution in [2.24, 2.45) is 0 Å². The van der Waals surface area contributed by atoms with E-state index in [1.165, 1.54) is 6.20 Å². The number of pyridine rings is 1. The molecule has 5 rings (SSSR count). The van der Waals surface area contributed by atoms with Crippen molar-refractivity contribution in [1.82, 2.24) is 19.6 Å². The minimum absolute atomic E-state index is 0.0670. The highest BCUT2D eigenvalue weighted by Gasteiger charge is 2.32. The average Bonchev–Trinajstić information content (AvgIpc) is 3.20. The summed E-state index contributed by atoms with van der Waals surface area (Å²) in [4.78, 5) is 22.6. The van der Waals surface area contributed by atoms with Crippen LogP contribution in [-0.4, -0.2) is 51.0 Å². The van der Waals surface area contributed by atoms with Gasteiger partial charge in [-0.3, -0.25) is 14.8 Å². The normalized spacial score (nSPS) is 14.0. The SMILES string of the molecule is Cc1ccc(C(=O)Nc2cncc(OC(F)(F)F)c2)cc1OC1CN(c2cnn3ccncc23)C1. The summed E-state index contributed by atoms with van der Waals surface area (Å²) in [6, 6.07) is 6.01. The summed E-state index contributed by atoms with van der Waals surface area (Å²) in [6.45, 7) is 3.15. The molecule has 4 heterocycles. The monoisotopic (exact) mass is 484 g/mol. The van der Waals surface area contributed by atoms with E-state index >= 15 is 0 Å². The van der Waals surface area contributed by atoms with Crippen molar-refractivity contribution in [2.75, 3.05) is 23.3 Å². The van der Waals surface area contributed by atoms with Crippen LogP contribution < -0.4 is 19.7 Å². The number of hydrogen-bond acceptors (Lipinski definition) is 7. The standard InChI is InChI=1S/C23H19F3N6O3/c1-14-2-3-15(22(33)30-16-7-17(9-28-8-16)35-23(24,25)26)6-21(14)34-18-12-31(13-18)19-11-29-32-5-4-27-10-20(19)32/h2-11,18H,12-13H2,1H3,(H,30,33). The molecule has 0 aliphatic carbocycles. The first-order chi connectivity index (χ1) is 16.7. The van der Waals surface area contributed by atoms with Crippen molar-refractivity contribution < 1.29 is 27.4 Å². The predicted octanol–water partition coefficient (Wildman–Crippen LogP) is 3.85. The lowest BCUT2D eigenvalue weighted by atomic mass is 10.1. The summed E-state index contributed by atoms with van der Waals surface area (Å²) in [6.07, 6.45) is 4.18. The van der Waals surface area contributed by atoms with Gasteiger partial charge in [0.1, 0.15) is 23.1 Å². The predicted molar refractivity (Wildman–Crippen MR) is 120 cm³/mol. The Morgan fingerprint density at radius 2 is 1.94 bits per heavy atom. The summed E-state index contributed by atoms with van der Waals surface area (Å²) in [5.74, 6) is -0.495. The Morgan fingerprint density at radius 3 is 2.74 bits per heavy atom. The number of benzene rings is 1. The van der Waals surface area contributed by atoms with Crippen molar-refractivity contribution >= 4 is 22.8 Å². The van der Waals surface area contributed by atoms with Gasteiger partial charge in [0.05, 0.1) is 49.3 Å².